The van der Waals surface area contributed by atoms with Crippen molar-refractivity contribution in [2.75, 3.05) is 11.5 Å². The van der Waals surface area contributed by atoms with Gasteiger partial charge in [-0.3, -0.25) is 0 Å². The Hall–Kier alpha value is -1.41. The van der Waals surface area contributed by atoms with Crippen LogP contribution in [0.1, 0.15) is 36.5 Å². The molecule has 0 saturated carbocycles. The van der Waals surface area contributed by atoms with Crippen LogP contribution in [0, 0.1) is 5.92 Å². The fourth-order valence-corrected chi connectivity index (χ4v) is 6.24. The van der Waals surface area contributed by atoms with Crippen molar-refractivity contribution >= 4 is 25.8 Å². The highest BCUT2D eigenvalue weighted by Crippen LogP contribution is 2.28. The summed E-state index contributed by atoms with van der Waals surface area (Å²) < 4.78 is 25.5. The summed E-state index contributed by atoms with van der Waals surface area (Å²) in [4.78, 5) is 0. The molecule has 158 valence electrons. The highest BCUT2D eigenvalue weighted by atomic mass is 79.9. The first-order valence-corrected chi connectivity index (χ1v) is 12.4. The number of aromatic hydroxyl groups is 1. The largest absolute Gasteiger partial charge is 0.507 e. The second kappa shape index (κ2) is 9.16. The first-order chi connectivity index (χ1) is 13.6. The second-order valence-electron chi connectivity index (χ2n) is 8.20. The summed E-state index contributed by atoms with van der Waals surface area (Å²) >= 11 is 3.28. The van der Waals surface area contributed by atoms with Crippen molar-refractivity contribution in [3.8, 4) is 5.75 Å². The van der Waals surface area contributed by atoms with Crippen LogP contribution in [0.5, 0.6) is 5.75 Å². The first-order valence-electron chi connectivity index (χ1n) is 9.82. The molecule has 0 aromatic heterocycles. The highest BCUT2D eigenvalue weighted by Gasteiger charge is 2.39. The number of aliphatic hydroxyl groups excluding tert-OH is 1. The van der Waals surface area contributed by atoms with E-state index in [0.717, 1.165) is 11.1 Å². The molecular weight excluding hydrogens is 454 g/mol. The van der Waals surface area contributed by atoms with E-state index < -0.39 is 27.9 Å². The van der Waals surface area contributed by atoms with Crippen molar-refractivity contribution in [3.05, 3.63) is 63.6 Å². The van der Waals surface area contributed by atoms with Crippen LogP contribution >= 0.6 is 15.9 Å². The lowest BCUT2D eigenvalue weighted by atomic mass is 9.91. The number of phenols is 1. The number of phenolic OH excluding ortho intramolecular Hbond substituents is 1. The normalized spacial score (nSPS) is 24.0. The number of hydrogen-bond acceptors (Lipinski definition) is 5. The Labute approximate surface area is 181 Å². The molecule has 1 heterocycles. The molecule has 1 aliphatic rings. The van der Waals surface area contributed by atoms with Crippen LogP contribution in [0.4, 0.5) is 0 Å². The van der Waals surface area contributed by atoms with Crippen LogP contribution in [0.2, 0.25) is 0 Å². The predicted molar refractivity (Wildman–Crippen MR) is 119 cm³/mol. The summed E-state index contributed by atoms with van der Waals surface area (Å²) in [5.41, 5.74) is 3.18. The quantitative estimate of drug-likeness (QED) is 0.588. The van der Waals surface area contributed by atoms with Crippen LogP contribution in [0.3, 0.4) is 0 Å². The minimum atomic E-state index is -3.26. The summed E-state index contributed by atoms with van der Waals surface area (Å²) in [6, 6.07) is 12.8. The molecule has 0 bridgehead atoms. The van der Waals surface area contributed by atoms with E-state index in [0.29, 0.717) is 23.4 Å². The minimum absolute atomic E-state index is 0.0341. The zero-order valence-electron chi connectivity index (χ0n) is 16.7. The summed E-state index contributed by atoms with van der Waals surface area (Å²) in [7, 11) is -3.26. The van der Waals surface area contributed by atoms with Gasteiger partial charge in [-0.2, -0.15) is 0 Å². The van der Waals surface area contributed by atoms with Gasteiger partial charge in [-0.15, -0.1) is 0 Å². The van der Waals surface area contributed by atoms with Crippen LogP contribution < -0.4 is 5.32 Å². The monoisotopic (exact) mass is 481 g/mol. The van der Waals surface area contributed by atoms with Gasteiger partial charge in [-0.1, -0.05) is 44.2 Å². The van der Waals surface area contributed by atoms with Gasteiger partial charge in [-0.25, -0.2) is 8.42 Å². The zero-order chi connectivity index (χ0) is 21.2. The standard InChI is InChI=1S/C22H28BrNO4S/c1-14(2)17-5-3-4-16(9-17)11-24-20-13-29(27,28)12-18(22(20)26)8-15-6-7-21(25)19(23)10-15/h3-7,9-10,14,18,20,22,24-26H,8,11-13H2,1-2H3/t18-,20+,22+/m1/s1. The Morgan fingerprint density at radius 2 is 1.90 bits per heavy atom. The van der Waals surface area contributed by atoms with Crippen molar-refractivity contribution in [1.82, 2.24) is 5.32 Å². The molecule has 3 atom stereocenters. The van der Waals surface area contributed by atoms with Gasteiger partial charge in [-0.05, 0) is 57.1 Å². The van der Waals surface area contributed by atoms with E-state index in [2.05, 4.69) is 47.2 Å². The molecule has 3 rings (SSSR count). The van der Waals surface area contributed by atoms with Crippen molar-refractivity contribution in [2.45, 2.75) is 44.9 Å². The summed E-state index contributed by atoms with van der Waals surface area (Å²) in [6.45, 7) is 4.78. The minimum Gasteiger partial charge on any atom is -0.507 e. The predicted octanol–water partition coefficient (Wildman–Crippen LogP) is 3.38. The van der Waals surface area contributed by atoms with Crippen LogP contribution in [-0.2, 0) is 22.8 Å². The van der Waals surface area contributed by atoms with E-state index in [9.17, 15) is 18.6 Å². The maximum absolute atomic E-state index is 12.5. The topological polar surface area (TPSA) is 86.6 Å². The van der Waals surface area contributed by atoms with Gasteiger partial charge >= 0.3 is 0 Å². The first kappa shape index (κ1) is 22.3. The SMILES string of the molecule is CC(C)c1cccc(CN[C@H]2CS(=O)(=O)C[C@@H](Cc3ccc(O)c(Br)c3)[C@@H]2O)c1. The molecule has 2 aromatic carbocycles. The van der Waals surface area contributed by atoms with Crippen molar-refractivity contribution < 1.29 is 18.6 Å². The third-order valence-corrected chi connectivity index (χ3v) is 7.93. The molecule has 5 nitrogen and oxygen atoms in total. The number of benzene rings is 2. The van der Waals surface area contributed by atoms with Gasteiger partial charge in [0.15, 0.2) is 9.84 Å². The fourth-order valence-electron chi connectivity index (χ4n) is 3.84. The molecule has 0 spiro atoms. The summed E-state index contributed by atoms with van der Waals surface area (Å²) in [6.07, 6.45) is -0.334. The maximum Gasteiger partial charge on any atom is 0.152 e. The molecule has 1 fully saturated rings. The van der Waals surface area contributed by atoms with Gasteiger partial charge < -0.3 is 15.5 Å². The van der Waals surface area contributed by atoms with E-state index in [-0.39, 0.29) is 17.3 Å². The van der Waals surface area contributed by atoms with Crippen LogP contribution in [0.25, 0.3) is 0 Å². The molecule has 2 aromatic rings. The second-order valence-corrected chi connectivity index (χ2v) is 11.2. The lowest BCUT2D eigenvalue weighted by molar-refractivity contribution is 0.0781. The zero-order valence-corrected chi connectivity index (χ0v) is 19.1. The van der Waals surface area contributed by atoms with Crippen LogP contribution in [0.15, 0.2) is 46.9 Å². The molecule has 0 amide bonds. The Morgan fingerprint density at radius 3 is 2.59 bits per heavy atom. The van der Waals surface area contributed by atoms with E-state index in [1.807, 2.05) is 12.1 Å². The molecular formula is C22H28BrNO4S. The maximum atomic E-state index is 12.5. The lowest BCUT2D eigenvalue weighted by Crippen LogP contribution is -2.54. The van der Waals surface area contributed by atoms with Gasteiger partial charge in [0.25, 0.3) is 0 Å². The lowest BCUT2D eigenvalue weighted by Gasteiger charge is -2.35. The van der Waals surface area contributed by atoms with Gasteiger partial charge in [0, 0.05) is 18.5 Å². The number of rotatable bonds is 6. The summed E-state index contributed by atoms with van der Waals surface area (Å²) in [5.74, 6) is 0.0598. The molecule has 1 aliphatic heterocycles. The average Bonchev–Trinajstić information content (AvgIpc) is 2.66. The van der Waals surface area contributed by atoms with Gasteiger partial charge in [0.2, 0.25) is 0 Å². The Bertz CT molecular complexity index is 961. The molecule has 7 heteroatoms. The molecule has 0 aliphatic carbocycles. The molecule has 0 unspecified atom stereocenters. The van der Waals surface area contributed by atoms with Crippen molar-refractivity contribution in [2.24, 2.45) is 5.92 Å². The highest BCUT2D eigenvalue weighted by molar-refractivity contribution is 9.10. The van der Waals surface area contributed by atoms with Gasteiger partial charge in [0.1, 0.15) is 5.75 Å². The number of aliphatic hydroxyl groups is 1. The number of nitrogens with one attached hydrogen (secondary N) is 1. The molecule has 29 heavy (non-hydrogen) atoms. The summed E-state index contributed by atoms with van der Waals surface area (Å²) in [5, 5.41) is 23.8. The molecule has 0 radical (unpaired) electrons. The number of halogens is 1. The molecule has 1 saturated heterocycles. The Kier molecular flexibility index (Phi) is 7.04. The number of hydrogen-bond donors (Lipinski definition) is 3. The Morgan fingerprint density at radius 1 is 1.14 bits per heavy atom. The van der Waals surface area contributed by atoms with Crippen molar-refractivity contribution in [1.29, 1.82) is 0 Å². The fraction of sp³-hybridized carbons (Fsp3) is 0.455. The van der Waals surface area contributed by atoms with Crippen molar-refractivity contribution in [3.63, 3.8) is 0 Å². The number of sulfone groups is 1. The van der Waals surface area contributed by atoms with E-state index in [1.54, 1.807) is 18.2 Å². The Balaban J connectivity index is 1.71. The smallest absolute Gasteiger partial charge is 0.152 e. The third kappa shape index (κ3) is 5.81. The average molecular weight is 482 g/mol. The van der Waals surface area contributed by atoms with E-state index >= 15 is 0 Å². The van der Waals surface area contributed by atoms with E-state index in [1.165, 1.54) is 5.56 Å². The molecule has 3 N–H and O–H groups in total. The van der Waals surface area contributed by atoms with Crippen LogP contribution in [-0.4, -0.2) is 42.3 Å². The third-order valence-electron chi connectivity index (χ3n) is 5.49. The van der Waals surface area contributed by atoms with E-state index in [4.69, 9.17) is 0 Å². The van der Waals surface area contributed by atoms with Gasteiger partial charge in [0.05, 0.1) is 22.1 Å².